The second kappa shape index (κ2) is 11.7. The van der Waals surface area contributed by atoms with Gasteiger partial charge < -0.3 is 29.8 Å². The Labute approximate surface area is 244 Å². The first kappa shape index (κ1) is 28.2. The number of fused-ring (bicyclic) bond motifs is 1. The number of aromatic nitrogens is 3. The smallest absolute Gasteiger partial charge is 0.272 e. The van der Waals surface area contributed by atoms with E-state index < -0.39 is 18.8 Å². The maximum Gasteiger partial charge on any atom is 0.272 e. The standard InChI is InChI=1S/C31H28F3N5O4/c1-18-12-20(6-7-26(18)43-27-5-3-2-4-22(27)32)39-31(35)21(16-36-39)30(40)24-13-19-14-28(42-17-29(33)34)25(15-23(19)37-24)38-8-10-41-11-9-38/h2-7,12-16,29,37H,8-11,17,35H2,1H3. The molecule has 0 saturated carbocycles. The van der Waals surface area contributed by atoms with Gasteiger partial charge in [0.05, 0.1) is 42.0 Å². The minimum atomic E-state index is -2.63. The summed E-state index contributed by atoms with van der Waals surface area (Å²) in [5.41, 5.74) is 9.40. The predicted molar refractivity (Wildman–Crippen MR) is 155 cm³/mol. The summed E-state index contributed by atoms with van der Waals surface area (Å²) in [5.74, 6) is 0.129. The molecule has 6 rings (SSSR count). The van der Waals surface area contributed by atoms with E-state index in [-0.39, 0.29) is 28.6 Å². The second-order valence-electron chi connectivity index (χ2n) is 10.1. The van der Waals surface area contributed by atoms with E-state index in [1.54, 1.807) is 55.5 Å². The quantitative estimate of drug-likeness (QED) is 0.206. The zero-order chi connectivity index (χ0) is 30.1. The Balaban J connectivity index is 1.27. The molecule has 0 aliphatic carbocycles. The number of aromatic amines is 1. The Bertz CT molecular complexity index is 1800. The van der Waals surface area contributed by atoms with Gasteiger partial charge in [-0.05, 0) is 61.0 Å². The van der Waals surface area contributed by atoms with Gasteiger partial charge in [0, 0.05) is 24.0 Å². The van der Waals surface area contributed by atoms with Gasteiger partial charge in [0.2, 0.25) is 5.78 Å². The fourth-order valence-corrected chi connectivity index (χ4v) is 5.00. The highest BCUT2D eigenvalue weighted by Gasteiger charge is 2.23. The molecule has 0 atom stereocenters. The van der Waals surface area contributed by atoms with Gasteiger partial charge in [-0.3, -0.25) is 4.79 Å². The number of nitrogens with two attached hydrogens (primary N) is 1. The first-order valence-corrected chi connectivity index (χ1v) is 13.6. The average molecular weight is 592 g/mol. The van der Waals surface area contributed by atoms with Crippen LogP contribution in [0, 0.1) is 12.7 Å². The van der Waals surface area contributed by atoms with E-state index in [0.29, 0.717) is 65.6 Å². The minimum absolute atomic E-state index is 0.105. The van der Waals surface area contributed by atoms with Crippen LogP contribution >= 0.6 is 0 Å². The van der Waals surface area contributed by atoms with Crippen LogP contribution in [0.25, 0.3) is 16.6 Å². The topological polar surface area (TPSA) is 108 Å². The summed E-state index contributed by atoms with van der Waals surface area (Å²) < 4.78 is 58.0. The van der Waals surface area contributed by atoms with Gasteiger partial charge in [-0.25, -0.2) is 17.9 Å². The molecule has 9 nitrogen and oxygen atoms in total. The second-order valence-corrected chi connectivity index (χ2v) is 10.1. The fourth-order valence-electron chi connectivity index (χ4n) is 5.00. The molecule has 3 aromatic carbocycles. The van der Waals surface area contributed by atoms with E-state index in [2.05, 4.69) is 10.1 Å². The number of nitrogen functional groups attached to an aromatic ring is 1. The molecule has 1 fully saturated rings. The Morgan fingerprint density at radius 2 is 1.86 bits per heavy atom. The first-order valence-electron chi connectivity index (χ1n) is 13.6. The highest BCUT2D eigenvalue weighted by molar-refractivity contribution is 6.12. The number of anilines is 2. The zero-order valence-corrected chi connectivity index (χ0v) is 23.1. The number of nitrogens with zero attached hydrogens (tertiary/aromatic N) is 3. The SMILES string of the molecule is Cc1cc(-n2ncc(C(=O)c3cc4cc(OCC(F)F)c(N5CCOCC5)cc4[nH]3)c2N)ccc1Oc1ccccc1F. The predicted octanol–water partition coefficient (Wildman–Crippen LogP) is 5.89. The van der Waals surface area contributed by atoms with Gasteiger partial charge in [-0.2, -0.15) is 5.10 Å². The summed E-state index contributed by atoms with van der Waals surface area (Å²) in [6.07, 6.45) is -1.24. The summed E-state index contributed by atoms with van der Waals surface area (Å²) in [7, 11) is 0. The van der Waals surface area contributed by atoms with Crippen LogP contribution in [0.15, 0.2) is 66.9 Å². The number of carbonyl (C=O) groups excluding carboxylic acids is 1. The number of halogens is 3. The lowest BCUT2D eigenvalue weighted by atomic mass is 10.1. The molecule has 0 bridgehead atoms. The molecule has 3 N–H and O–H groups in total. The number of benzene rings is 3. The van der Waals surface area contributed by atoms with Crippen LogP contribution in [0.1, 0.15) is 21.6 Å². The van der Waals surface area contributed by atoms with Crippen molar-refractivity contribution in [2.45, 2.75) is 13.3 Å². The average Bonchev–Trinajstić information content (AvgIpc) is 3.60. The van der Waals surface area contributed by atoms with Gasteiger partial charge in [-0.1, -0.05) is 12.1 Å². The van der Waals surface area contributed by atoms with Gasteiger partial charge in [0.1, 0.15) is 23.9 Å². The molecular formula is C31H28F3N5O4. The van der Waals surface area contributed by atoms with Crippen LogP contribution < -0.4 is 20.1 Å². The van der Waals surface area contributed by atoms with Crippen molar-refractivity contribution in [3.05, 3.63) is 89.5 Å². The summed E-state index contributed by atoms with van der Waals surface area (Å²) in [6, 6.07) is 16.3. The first-order chi connectivity index (χ1) is 20.8. The third-order valence-electron chi connectivity index (χ3n) is 7.17. The Kier molecular flexibility index (Phi) is 7.68. The molecule has 43 heavy (non-hydrogen) atoms. The lowest BCUT2D eigenvalue weighted by Gasteiger charge is -2.30. The van der Waals surface area contributed by atoms with Crippen LogP contribution in [0.4, 0.5) is 24.7 Å². The van der Waals surface area contributed by atoms with Crippen LogP contribution in [0.2, 0.25) is 0 Å². The monoisotopic (exact) mass is 591 g/mol. The van der Waals surface area contributed by atoms with E-state index >= 15 is 0 Å². The summed E-state index contributed by atoms with van der Waals surface area (Å²) in [4.78, 5) is 18.7. The Hall–Kier alpha value is -4.97. The summed E-state index contributed by atoms with van der Waals surface area (Å²) >= 11 is 0. The molecule has 0 spiro atoms. The van der Waals surface area contributed by atoms with E-state index in [1.807, 2.05) is 4.90 Å². The van der Waals surface area contributed by atoms with Gasteiger partial charge in [0.25, 0.3) is 6.43 Å². The summed E-state index contributed by atoms with van der Waals surface area (Å²) in [6.45, 7) is 3.23. The molecule has 1 saturated heterocycles. The number of nitrogens with one attached hydrogen (secondary N) is 1. The number of H-pyrrole nitrogens is 1. The van der Waals surface area contributed by atoms with Crippen molar-refractivity contribution < 1.29 is 32.2 Å². The lowest BCUT2D eigenvalue weighted by Crippen LogP contribution is -2.36. The number of alkyl halides is 2. The van der Waals surface area contributed by atoms with Crippen LogP contribution in [0.5, 0.6) is 17.2 Å². The van der Waals surface area contributed by atoms with E-state index in [4.69, 9.17) is 19.9 Å². The molecule has 12 heteroatoms. The maximum atomic E-state index is 14.0. The molecule has 0 radical (unpaired) electrons. The van der Waals surface area contributed by atoms with Crippen molar-refractivity contribution in [2.75, 3.05) is 43.5 Å². The fraction of sp³-hybridized carbons (Fsp3) is 0.226. The number of para-hydroxylation sites is 1. The minimum Gasteiger partial charge on any atom is -0.485 e. The van der Waals surface area contributed by atoms with Crippen molar-refractivity contribution in [1.82, 2.24) is 14.8 Å². The number of carbonyl (C=O) groups is 1. The number of ketones is 1. The van der Waals surface area contributed by atoms with Crippen molar-refractivity contribution in [1.29, 1.82) is 0 Å². The third-order valence-corrected chi connectivity index (χ3v) is 7.17. The Morgan fingerprint density at radius 3 is 2.60 bits per heavy atom. The van der Waals surface area contributed by atoms with Crippen LogP contribution in [-0.2, 0) is 4.74 Å². The molecule has 1 aliphatic heterocycles. The Morgan fingerprint density at radius 1 is 1.07 bits per heavy atom. The van der Waals surface area contributed by atoms with Crippen LogP contribution in [-0.4, -0.2) is 59.9 Å². The normalized spacial score (nSPS) is 13.6. The molecule has 5 aromatic rings. The molecule has 2 aromatic heterocycles. The van der Waals surface area contributed by atoms with Gasteiger partial charge in [-0.15, -0.1) is 0 Å². The number of aryl methyl sites for hydroxylation is 1. The van der Waals surface area contributed by atoms with Crippen molar-refractivity contribution in [3.63, 3.8) is 0 Å². The summed E-state index contributed by atoms with van der Waals surface area (Å²) in [5, 5.41) is 4.95. The molecule has 222 valence electrons. The molecule has 1 aliphatic rings. The molecule has 0 amide bonds. The maximum absolute atomic E-state index is 14.0. The number of rotatable bonds is 9. The zero-order valence-electron chi connectivity index (χ0n) is 23.1. The van der Waals surface area contributed by atoms with Gasteiger partial charge >= 0.3 is 0 Å². The highest BCUT2D eigenvalue weighted by atomic mass is 19.3. The van der Waals surface area contributed by atoms with Crippen LogP contribution in [0.3, 0.4) is 0 Å². The lowest BCUT2D eigenvalue weighted by molar-refractivity contribution is 0.0817. The van der Waals surface area contributed by atoms with E-state index in [0.717, 1.165) is 0 Å². The van der Waals surface area contributed by atoms with E-state index in [9.17, 15) is 18.0 Å². The van der Waals surface area contributed by atoms with Crippen molar-refractivity contribution in [3.8, 4) is 22.9 Å². The number of hydrogen-bond acceptors (Lipinski definition) is 7. The van der Waals surface area contributed by atoms with Gasteiger partial charge in [0.15, 0.2) is 11.6 Å². The third kappa shape index (κ3) is 5.73. The number of hydrogen-bond donors (Lipinski definition) is 2. The number of morpholine rings is 1. The number of ether oxygens (including phenoxy) is 3. The molecule has 3 heterocycles. The van der Waals surface area contributed by atoms with Crippen molar-refractivity contribution >= 4 is 28.2 Å². The van der Waals surface area contributed by atoms with E-state index in [1.165, 1.54) is 23.0 Å². The molecular weight excluding hydrogens is 563 g/mol. The largest absolute Gasteiger partial charge is 0.485 e. The highest BCUT2D eigenvalue weighted by Crippen LogP contribution is 2.35. The molecule has 0 unspecified atom stereocenters. The van der Waals surface area contributed by atoms with Crippen molar-refractivity contribution in [2.24, 2.45) is 0 Å².